The van der Waals surface area contributed by atoms with Gasteiger partial charge in [0.15, 0.2) is 5.11 Å². The normalized spacial score (nSPS) is 15.9. The zero-order valence-corrected chi connectivity index (χ0v) is 15.2. The molecule has 1 aliphatic heterocycles. The van der Waals surface area contributed by atoms with Crippen LogP contribution in [0.15, 0.2) is 46.5 Å². The summed E-state index contributed by atoms with van der Waals surface area (Å²) >= 11 is 11.2. The number of nitrogens with zero attached hydrogens (tertiary/aromatic N) is 1. The van der Waals surface area contributed by atoms with Crippen molar-refractivity contribution in [1.82, 2.24) is 10.2 Å². The molecule has 2 heterocycles. The second-order valence-electron chi connectivity index (χ2n) is 5.50. The van der Waals surface area contributed by atoms with Gasteiger partial charge in [-0.25, -0.2) is 0 Å². The van der Waals surface area contributed by atoms with Gasteiger partial charge in [0.05, 0.1) is 0 Å². The van der Waals surface area contributed by atoms with E-state index in [9.17, 15) is 4.79 Å². The number of benzene rings is 1. The topological polar surface area (TPSA) is 54.7 Å². The number of hydrogen-bond acceptors (Lipinski definition) is 4. The molecule has 1 fully saturated rings. The molecule has 0 spiro atoms. The van der Waals surface area contributed by atoms with E-state index in [0.29, 0.717) is 40.5 Å². The third-order valence-electron chi connectivity index (χ3n) is 3.72. The molecule has 1 saturated heterocycles. The average molecular weight is 377 g/mol. The quantitative estimate of drug-likeness (QED) is 0.473. The van der Waals surface area contributed by atoms with Gasteiger partial charge in [0.25, 0.3) is 5.91 Å². The third kappa shape index (κ3) is 4.10. The van der Waals surface area contributed by atoms with Gasteiger partial charge in [-0.15, -0.1) is 0 Å². The molecule has 3 rings (SSSR count). The van der Waals surface area contributed by atoms with E-state index in [0.717, 1.165) is 12.0 Å². The Morgan fingerprint density at radius 2 is 2.20 bits per heavy atom. The monoisotopic (exact) mass is 376 g/mol. The summed E-state index contributed by atoms with van der Waals surface area (Å²) < 4.78 is 10.8. The Morgan fingerprint density at radius 3 is 2.96 bits per heavy atom. The van der Waals surface area contributed by atoms with Crippen LogP contribution >= 0.6 is 23.8 Å². The summed E-state index contributed by atoms with van der Waals surface area (Å²) in [7, 11) is 1.63. The van der Waals surface area contributed by atoms with Crippen molar-refractivity contribution >= 4 is 40.9 Å². The molecule has 0 aliphatic carbocycles. The first-order valence-corrected chi connectivity index (χ1v) is 8.56. The summed E-state index contributed by atoms with van der Waals surface area (Å²) in [5.74, 6) is 1.08. The van der Waals surface area contributed by atoms with Crippen LogP contribution in [-0.4, -0.2) is 36.2 Å². The molecule has 1 amide bonds. The molecular weight excluding hydrogens is 360 g/mol. The maximum absolute atomic E-state index is 12.4. The second-order valence-corrected chi connectivity index (χ2v) is 6.33. The Labute approximate surface area is 156 Å². The molecule has 2 aromatic rings. The lowest BCUT2D eigenvalue weighted by Gasteiger charge is -2.12. The number of thiocarbonyl (C=S) groups is 1. The van der Waals surface area contributed by atoms with Crippen LogP contribution in [0.25, 0.3) is 17.4 Å². The molecule has 1 aromatic heterocycles. The lowest BCUT2D eigenvalue weighted by Crippen LogP contribution is -2.32. The van der Waals surface area contributed by atoms with E-state index in [-0.39, 0.29) is 5.91 Å². The van der Waals surface area contributed by atoms with Crippen LogP contribution in [0, 0.1) is 0 Å². The second kappa shape index (κ2) is 7.82. The van der Waals surface area contributed by atoms with Gasteiger partial charge in [-0.2, -0.15) is 0 Å². The SMILES string of the molecule is COCCCN1C(=O)/C(=C\c2ccc(-c3cccc(Cl)c3)o2)NC1=S. The minimum atomic E-state index is -0.165. The largest absolute Gasteiger partial charge is 0.457 e. The van der Waals surface area contributed by atoms with Crippen LogP contribution in [0.5, 0.6) is 0 Å². The highest BCUT2D eigenvalue weighted by Gasteiger charge is 2.30. The van der Waals surface area contributed by atoms with Gasteiger partial charge in [0.1, 0.15) is 17.2 Å². The molecule has 0 saturated carbocycles. The Hall–Kier alpha value is -2.15. The van der Waals surface area contributed by atoms with Gasteiger partial charge in [0.2, 0.25) is 0 Å². The van der Waals surface area contributed by atoms with Gasteiger partial charge < -0.3 is 14.5 Å². The fourth-order valence-electron chi connectivity index (χ4n) is 2.51. The average Bonchev–Trinajstić information content (AvgIpc) is 3.15. The van der Waals surface area contributed by atoms with E-state index in [1.165, 1.54) is 4.90 Å². The number of halogens is 1. The van der Waals surface area contributed by atoms with Gasteiger partial charge in [-0.3, -0.25) is 9.69 Å². The Kier molecular flexibility index (Phi) is 5.53. The number of amides is 1. The van der Waals surface area contributed by atoms with Crippen molar-refractivity contribution in [3.05, 3.63) is 52.9 Å². The molecule has 0 atom stereocenters. The fourth-order valence-corrected chi connectivity index (χ4v) is 2.99. The van der Waals surface area contributed by atoms with Gasteiger partial charge in [0, 0.05) is 36.9 Å². The molecule has 0 radical (unpaired) electrons. The van der Waals surface area contributed by atoms with E-state index in [2.05, 4.69) is 5.32 Å². The van der Waals surface area contributed by atoms with E-state index in [1.54, 1.807) is 25.3 Å². The van der Waals surface area contributed by atoms with Crippen LogP contribution < -0.4 is 5.32 Å². The molecule has 5 nitrogen and oxygen atoms in total. The highest BCUT2D eigenvalue weighted by Crippen LogP contribution is 2.26. The Bertz CT molecular complexity index is 831. The minimum Gasteiger partial charge on any atom is -0.457 e. The smallest absolute Gasteiger partial charge is 0.276 e. The van der Waals surface area contributed by atoms with Crippen molar-refractivity contribution < 1.29 is 13.9 Å². The maximum Gasteiger partial charge on any atom is 0.276 e. The minimum absolute atomic E-state index is 0.165. The molecule has 7 heteroatoms. The standard InChI is InChI=1S/C18H17ClN2O3S/c1-23-9-3-8-21-17(22)15(20-18(21)25)11-14-6-7-16(24-14)12-4-2-5-13(19)10-12/h2,4-7,10-11H,3,8-9H2,1H3,(H,20,25)/b15-11+. The number of carbonyl (C=O) groups excluding carboxylic acids is 1. The Balaban J connectivity index is 1.75. The molecule has 0 bridgehead atoms. The van der Waals surface area contributed by atoms with Crippen molar-refractivity contribution in [2.24, 2.45) is 0 Å². The van der Waals surface area contributed by atoms with E-state index in [1.807, 2.05) is 24.3 Å². The first-order valence-electron chi connectivity index (χ1n) is 7.78. The lowest BCUT2D eigenvalue weighted by atomic mass is 10.2. The molecule has 25 heavy (non-hydrogen) atoms. The van der Waals surface area contributed by atoms with Crippen LogP contribution in [0.3, 0.4) is 0 Å². The first kappa shape index (κ1) is 17.7. The van der Waals surface area contributed by atoms with Gasteiger partial charge >= 0.3 is 0 Å². The summed E-state index contributed by atoms with van der Waals surface area (Å²) in [6.07, 6.45) is 2.37. The predicted molar refractivity (Wildman–Crippen MR) is 101 cm³/mol. The molecule has 1 N–H and O–H groups in total. The summed E-state index contributed by atoms with van der Waals surface area (Å²) in [5.41, 5.74) is 1.27. The number of furan rings is 1. The van der Waals surface area contributed by atoms with Crippen molar-refractivity contribution in [2.75, 3.05) is 20.3 Å². The summed E-state index contributed by atoms with van der Waals surface area (Å²) in [5, 5.41) is 3.97. The first-order chi connectivity index (χ1) is 12.1. The van der Waals surface area contributed by atoms with Crippen molar-refractivity contribution in [3.8, 4) is 11.3 Å². The number of rotatable bonds is 6. The molecule has 1 aliphatic rings. The van der Waals surface area contributed by atoms with Crippen LogP contribution in [0.2, 0.25) is 5.02 Å². The zero-order valence-electron chi connectivity index (χ0n) is 13.6. The molecule has 1 aromatic carbocycles. The van der Waals surface area contributed by atoms with Gasteiger partial charge in [-0.1, -0.05) is 23.7 Å². The van der Waals surface area contributed by atoms with Crippen LogP contribution in [0.4, 0.5) is 0 Å². The molecule has 0 unspecified atom stereocenters. The highest BCUT2D eigenvalue weighted by atomic mass is 35.5. The number of hydrogen-bond donors (Lipinski definition) is 1. The summed E-state index contributed by atoms with van der Waals surface area (Å²) in [6.45, 7) is 1.09. The number of nitrogens with one attached hydrogen (secondary N) is 1. The third-order valence-corrected chi connectivity index (χ3v) is 4.27. The number of methoxy groups -OCH3 is 1. The van der Waals surface area contributed by atoms with Crippen LogP contribution in [-0.2, 0) is 9.53 Å². The van der Waals surface area contributed by atoms with E-state index >= 15 is 0 Å². The zero-order chi connectivity index (χ0) is 17.8. The summed E-state index contributed by atoms with van der Waals surface area (Å²) in [6, 6.07) is 11.0. The maximum atomic E-state index is 12.4. The van der Waals surface area contributed by atoms with Gasteiger partial charge in [-0.05, 0) is 42.9 Å². The van der Waals surface area contributed by atoms with Crippen molar-refractivity contribution in [3.63, 3.8) is 0 Å². The molecule has 130 valence electrons. The fraction of sp³-hybridized carbons (Fsp3) is 0.222. The van der Waals surface area contributed by atoms with Crippen molar-refractivity contribution in [2.45, 2.75) is 6.42 Å². The molecular formula is C18H17ClN2O3S. The predicted octanol–water partition coefficient (Wildman–Crippen LogP) is 3.69. The number of ether oxygens (including phenoxy) is 1. The highest BCUT2D eigenvalue weighted by molar-refractivity contribution is 7.80. The van der Waals surface area contributed by atoms with Crippen molar-refractivity contribution in [1.29, 1.82) is 0 Å². The Morgan fingerprint density at radius 1 is 1.36 bits per heavy atom. The number of carbonyl (C=O) groups is 1. The van der Waals surface area contributed by atoms with E-state index < -0.39 is 0 Å². The lowest BCUT2D eigenvalue weighted by molar-refractivity contribution is -0.122. The van der Waals surface area contributed by atoms with E-state index in [4.69, 9.17) is 33.0 Å². The van der Waals surface area contributed by atoms with Crippen LogP contribution in [0.1, 0.15) is 12.2 Å². The summed E-state index contributed by atoms with van der Waals surface area (Å²) in [4.78, 5) is 14.0.